The summed E-state index contributed by atoms with van der Waals surface area (Å²) in [5.74, 6) is 0.870. The average Bonchev–Trinajstić information content (AvgIpc) is 2.94. The molecule has 0 spiro atoms. The highest BCUT2D eigenvalue weighted by Crippen LogP contribution is 2.50. The van der Waals surface area contributed by atoms with Crippen molar-refractivity contribution in [1.82, 2.24) is 0 Å². The fourth-order valence-electron chi connectivity index (χ4n) is 4.24. The van der Waals surface area contributed by atoms with Crippen molar-refractivity contribution in [3.8, 4) is 0 Å². The van der Waals surface area contributed by atoms with E-state index < -0.39 is 17.9 Å². The van der Waals surface area contributed by atoms with Crippen molar-refractivity contribution >= 4 is 17.9 Å². The molecule has 22 heavy (non-hydrogen) atoms. The largest absolute Gasteiger partial charge is 0.219 e. The number of allylic oxidation sites excluding steroid dienone is 2. The normalized spacial score (nSPS) is 26.1. The Kier molecular flexibility index (Phi) is 4.10. The number of hydrogen-bond acceptors (Lipinski definition) is 2. The van der Waals surface area contributed by atoms with Crippen molar-refractivity contribution in [2.24, 2.45) is 11.8 Å². The zero-order valence-corrected chi connectivity index (χ0v) is 15.6. The zero-order valence-electron chi connectivity index (χ0n) is 13.8. The van der Waals surface area contributed by atoms with E-state index in [9.17, 15) is 8.42 Å². The second kappa shape index (κ2) is 5.64. The third kappa shape index (κ3) is 2.71. The third-order valence-electron chi connectivity index (χ3n) is 5.31. The molecule has 0 radical (unpaired) electrons. The van der Waals surface area contributed by atoms with Gasteiger partial charge < -0.3 is 0 Å². The van der Waals surface area contributed by atoms with E-state index >= 15 is 0 Å². The van der Waals surface area contributed by atoms with Crippen molar-refractivity contribution < 1.29 is 8.42 Å². The third-order valence-corrected chi connectivity index (χ3v) is 9.84. The van der Waals surface area contributed by atoms with Crippen LogP contribution in [0.3, 0.4) is 0 Å². The second-order valence-corrected chi connectivity index (χ2v) is 14.8. The zero-order chi connectivity index (χ0) is 16.0. The lowest BCUT2D eigenvalue weighted by Crippen LogP contribution is -2.34. The van der Waals surface area contributed by atoms with Gasteiger partial charge in [-0.1, -0.05) is 49.5 Å². The molecule has 1 aromatic rings. The molecule has 2 atom stereocenters. The van der Waals surface area contributed by atoms with Gasteiger partial charge in [0.05, 0.1) is 13.0 Å². The molecule has 1 fully saturated rings. The van der Waals surface area contributed by atoms with Gasteiger partial charge in [0.1, 0.15) is 0 Å². The van der Waals surface area contributed by atoms with Gasteiger partial charge in [0.15, 0.2) is 0 Å². The van der Waals surface area contributed by atoms with Gasteiger partial charge in [-0.3, -0.25) is 0 Å². The highest BCUT2D eigenvalue weighted by Gasteiger charge is 2.43. The lowest BCUT2D eigenvalue weighted by atomic mass is 9.86. The van der Waals surface area contributed by atoms with E-state index in [0.29, 0.717) is 10.8 Å². The lowest BCUT2D eigenvalue weighted by molar-refractivity contribution is 0.397. The van der Waals surface area contributed by atoms with Gasteiger partial charge in [-0.2, -0.15) is 0 Å². The van der Waals surface area contributed by atoms with Crippen LogP contribution in [0.4, 0.5) is 0 Å². The van der Waals surface area contributed by atoms with E-state index in [1.807, 2.05) is 18.2 Å². The quantitative estimate of drug-likeness (QED) is 0.744. The molecular weight excluding hydrogens is 308 g/mol. The maximum Gasteiger partial charge on any atom is 0.202 e. The van der Waals surface area contributed by atoms with Crippen LogP contribution in [0.25, 0.3) is 0 Å². The number of rotatable bonds is 3. The first kappa shape index (κ1) is 16.0. The minimum absolute atomic E-state index is 0.278. The topological polar surface area (TPSA) is 34.1 Å². The first-order valence-corrected chi connectivity index (χ1v) is 13.3. The van der Waals surface area contributed by atoms with Crippen LogP contribution in [0.2, 0.25) is 19.6 Å². The van der Waals surface area contributed by atoms with Crippen molar-refractivity contribution in [2.45, 2.75) is 56.6 Å². The first-order chi connectivity index (χ1) is 10.3. The Morgan fingerprint density at radius 3 is 2.32 bits per heavy atom. The van der Waals surface area contributed by atoms with E-state index in [2.05, 4.69) is 19.6 Å². The number of benzene rings is 1. The van der Waals surface area contributed by atoms with Gasteiger partial charge in [-0.25, -0.2) is 8.42 Å². The van der Waals surface area contributed by atoms with Gasteiger partial charge >= 0.3 is 0 Å². The molecule has 0 aromatic heterocycles. The Labute approximate surface area is 135 Å². The second-order valence-electron chi connectivity index (χ2n) is 7.75. The van der Waals surface area contributed by atoms with Gasteiger partial charge in [0, 0.05) is 4.91 Å². The Morgan fingerprint density at radius 2 is 1.68 bits per heavy atom. The molecule has 1 saturated carbocycles. The molecule has 0 amide bonds. The predicted octanol–water partition coefficient (Wildman–Crippen LogP) is 4.80. The molecule has 3 rings (SSSR count). The van der Waals surface area contributed by atoms with Gasteiger partial charge in [0.2, 0.25) is 9.84 Å². The van der Waals surface area contributed by atoms with E-state index in [-0.39, 0.29) is 5.92 Å². The van der Waals surface area contributed by atoms with Crippen molar-refractivity contribution in [2.75, 3.05) is 0 Å². The fraction of sp³-hybridized carbons (Fsp3) is 0.556. The molecule has 0 saturated heterocycles. The number of hydrogen-bond donors (Lipinski definition) is 0. The minimum atomic E-state index is -3.33. The van der Waals surface area contributed by atoms with E-state index in [0.717, 1.165) is 17.7 Å². The van der Waals surface area contributed by atoms with E-state index in [1.54, 1.807) is 12.1 Å². The lowest BCUT2D eigenvalue weighted by Gasteiger charge is -2.35. The Bertz CT molecular complexity index is 684. The molecule has 0 N–H and O–H groups in total. The summed E-state index contributed by atoms with van der Waals surface area (Å²) in [5, 5.41) is 1.31. The van der Waals surface area contributed by atoms with Gasteiger partial charge in [-0.15, -0.1) is 0 Å². The maximum atomic E-state index is 13.4. The molecular formula is C18H26O2SSi. The molecule has 0 bridgehead atoms. The Morgan fingerprint density at radius 1 is 1.00 bits per heavy atom. The van der Waals surface area contributed by atoms with Gasteiger partial charge in [0.25, 0.3) is 0 Å². The minimum Gasteiger partial charge on any atom is -0.219 e. The van der Waals surface area contributed by atoms with Crippen molar-refractivity contribution in [1.29, 1.82) is 0 Å². The van der Waals surface area contributed by atoms with Crippen LogP contribution in [0, 0.1) is 11.8 Å². The van der Waals surface area contributed by atoms with Crippen molar-refractivity contribution in [3.05, 3.63) is 40.4 Å². The fourth-order valence-corrected chi connectivity index (χ4v) is 9.28. The van der Waals surface area contributed by atoms with E-state index in [4.69, 9.17) is 0 Å². The molecule has 2 aliphatic rings. The smallest absolute Gasteiger partial charge is 0.202 e. The summed E-state index contributed by atoms with van der Waals surface area (Å²) in [5.41, 5.74) is 0. The van der Waals surface area contributed by atoms with Crippen LogP contribution in [-0.2, 0) is 9.84 Å². The SMILES string of the molecule is C[Si](C)(C)C1=C(S(=O)(=O)c2ccccc2)[C@@H]2CCC[C@@H]2CC1. The van der Waals surface area contributed by atoms with Crippen LogP contribution in [0.1, 0.15) is 32.1 Å². The van der Waals surface area contributed by atoms with Crippen LogP contribution >= 0.6 is 0 Å². The molecule has 2 aliphatic carbocycles. The summed E-state index contributed by atoms with van der Waals surface area (Å²) < 4.78 is 26.7. The molecule has 0 aliphatic heterocycles. The summed E-state index contributed by atoms with van der Waals surface area (Å²) in [6.07, 6.45) is 5.63. The number of sulfone groups is 1. The molecule has 0 heterocycles. The van der Waals surface area contributed by atoms with E-state index in [1.165, 1.54) is 24.5 Å². The standard InChI is InChI=1S/C18H26O2SSi/c1-22(2,3)17-13-12-14-8-7-11-16(14)18(17)21(19,20)15-9-5-4-6-10-15/h4-6,9-10,14,16H,7-8,11-13H2,1-3H3/t14-,16-/m1/s1. The number of fused-ring (bicyclic) bond motifs is 1. The van der Waals surface area contributed by atoms with Crippen LogP contribution in [0.5, 0.6) is 0 Å². The molecule has 120 valence electrons. The Hall–Kier alpha value is -0.873. The highest BCUT2D eigenvalue weighted by atomic mass is 32.2. The Balaban J connectivity index is 2.19. The van der Waals surface area contributed by atoms with Crippen LogP contribution in [0.15, 0.2) is 45.3 Å². The van der Waals surface area contributed by atoms with Gasteiger partial charge in [-0.05, 0) is 49.7 Å². The molecule has 4 heteroatoms. The summed E-state index contributed by atoms with van der Waals surface area (Å²) in [6.45, 7) is 6.87. The highest BCUT2D eigenvalue weighted by molar-refractivity contribution is 7.95. The summed E-state index contributed by atoms with van der Waals surface area (Å²) >= 11 is 0. The molecule has 2 nitrogen and oxygen atoms in total. The summed E-state index contributed by atoms with van der Waals surface area (Å²) in [7, 11) is -4.96. The predicted molar refractivity (Wildman–Crippen MR) is 94.1 cm³/mol. The van der Waals surface area contributed by atoms with Crippen LogP contribution < -0.4 is 0 Å². The molecule has 0 unspecified atom stereocenters. The summed E-state index contributed by atoms with van der Waals surface area (Å²) in [4.78, 5) is 1.31. The summed E-state index contributed by atoms with van der Waals surface area (Å²) in [6, 6.07) is 9.05. The van der Waals surface area contributed by atoms with Crippen LogP contribution in [-0.4, -0.2) is 16.5 Å². The molecule has 1 aromatic carbocycles. The monoisotopic (exact) mass is 334 g/mol. The maximum absolute atomic E-state index is 13.4. The van der Waals surface area contributed by atoms with Crippen molar-refractivity contribution in [3.63, 3.8) is 0 Å². The first-order valence-electron chi connectivity index (χ1n) is 8.35. The average molecular weight is 335 g/mol.